The van der Waals surface area contributed by atoms with Crippen LogP contribution in [0.2, 0.25) is 0 Å². The van der Waals surface area contributed by atoms with Crippen molar-refractivity contribution in [3.05, 3.63) is 12.2 Å². The Morgan fingerprint density at radius 3 is 2.24 bits per heavy atom. The quantitative estimate of drug-likeness (QED) is 0.123. The van der Waals surface area contributed by atoms with Gasteiger partial charge in [0.1, 0.15) is 18.3 Å². The Morgan fingerprint density at radius 2 is 1.59 bits per heavy atom. The molecule has 7 atom stereocenters. The smallest absolute Gasteiger partial charge is 0.335 e. The summed E-state index contributed by atoms with van der Waals surface area (Å²) in [5.41, 5.74) is 0. The monoisotopic (exact) mass is 490 g/mol. The maximum absolute atomic E-state index is 11.3. The van der Waals surface area contributed by atoms with Gasteiger partial charge in [-0.25, -0.2) is 4.79 Å². The number of ether oxygens (including phenoxy) is 2. The summed E-state index contributed by atoms with van der Waals surface area (Å²) < 4.78 is 10.9. The van der Waals surface area contributed by atoms with Gasteiger partial charge >= 0.3 is 11.9 Å². The van der Waals surface area contributed by atoms with Crippen molar-refractivity contribution in [2.24, 2.45) is 0 Å². The van der Waals surface area contributed by atoms with Crippen molar-refractivity contribution in [2.45, 2.75) is 127 Å². The van der Waals surface area contributed by atoms with E-state index >= 15 is 0 Å². The minimum Gasteiger partial charge on any atom is -0.481 e. The molecule has 10 nitrogen and oxygen atoms in total. The highest BCUT2D eigenvalue weighted by atomic mass is 16.7. The molecule has 1 fully saturated rings. The maximum Gasteiger partial charge on any atom is 0.335 e. The zero-order valence-corrected chi connectivity index (χ0v) is 20.0. The first-order valence-corrected chi connectivity index (χ1v) is 12.3. The number of aliphatic hydroxyl groups is 4. The lowest BCUT2D eigenvalue weighted by molar-refractivity contribution is -0.310. The van der Waals surface area contributed by atoms with E-state index in [0.29, 0.717) is 19.3 Å². The zero-order chi connectivity index (χ0) is 25.5. The number of aliphatic hydroxyl groups excluding tert-OH is 4. The molecule has 1 saturated heterocycles. The van der Waals surface area contributed by atoms with Crippen molar-refractivity contribution in [3.63, 3.8) is 0 Å². The minimum atomic E-state index is -1.80. The molecular weight excluding hydrogens is 448 g/mol. The van der Waals surface area contributed by atoms with Crippen molar-refractivity contribution >= 4 is 11.9 Å². The third kappa shape index (κ3) is 11.2. The Hall–Kier alpha value is -1.56. The molecule has 1 aliphatic heterocycles. The lowest BCUT2D eigenvalue weighted by atomic mass is 9.98. The highest BCUT2D eigenvalue weighted by Gasteiger charge is 2.48. The normalized spacial score (nSPS) is 27.0. The van der Waals surface area contributed by atoms with Gasteiger partial charge in [-0.05, 0) is 32.1 Å². The minimum absolute atomic E-state index is 0.199. The van der Waals surface area contributed by atoms with Crippen LogP contribution in [0.5, 0.6) is 0 Å². The van der Waals surface area contributed by atoms with E-state index < -0.39 is 54.9 Å². The molecule has 0 aromatic carbocycles. The molecule has 2 unspecified atom stereocenters. The summed E-state index contributed by atoms with van der Waals surface area (Å²) in [7, 11) is 0. The molecule has 0 spiro atoms. The van der Waals surface area contributed by atoms with Gasteiger partial charge in [-0.1, -0.05) is 57.6 Å². The predicted octanol–water partition coefficient (Wildman–Crippen LogP) is 1.97. The van der Waals surface area contributed by atoms with E-state index in [1.165, 1.54) is 0 Å². The van der Waals surface area contributed by atoms with Crippen molar-refractivity contribution in [1.29, 1.82) is 0 Å². The Balaban J connectivity index is 2.60. The SMILES string of the molecule is CCCCCC(O)C(C/C=C\CCCCCCCC(=O)O)O[C@@H]1O[C@H](C(=O)O)[C@@H](O)[C@H](O)[C@H]1O. The van der Waals surface area contributed by atoms with E-state index in [2.05, 4.69) is 0 Å². The Labute approximate surface area is 201 Å². The molecule has 0 radical (unpaired) electrons. The molecule has 0 bridgehead atoms. The average molecular weight is 491 g/mol. The van der Waals surface area contributed by atoms with Gasteiger partial charge in [-0.3, -0.25) is 4.79 Å². The van der Waals surface area contributed by atoms with E-state index in [0.717, 1.165) is 51.4 Å². The second kappa shape index (κ2) is 17.0. The molecule has 0 saturated carbocycles. The molecule has 1 rings (SSSR count). The molecule has 6 N–H and O–H groups in total. The van der Waals surface area contributed by atoms with E-state index in [1.54, 1.807) is 0 Å². The first-order valence-electron chi connectivity index (χ1n) is 12.3. The van der Waals surface area contributed by atoms with Crippen LogP contribution in [0.3, 0.4) is 0 Å². The summed E-state index contributed by atoms with van der Waals surface area (Å²) in [5.74, 6) is -2.26. The van der Waals surface area contributed by atoms with Crippen LogP contribution in [0, 0.1) is 0 Å². The van der Waals surface area contributed by atoms with Crippen molar-refractivity contribution < 1.29 is 49.7 Å². The summed E-state index contributed by atoms with van der Waals surface area (Å²) in [4.78, 5) is 21.8. The topological polar surface area (TPSA) is 174 Å². The Kier molecular flexibility index (Phi) is 15.2. The number of unbranched alkanes of at least 4 members (excludes halogenated alkanes) is 7. The summed E-state index contributed by atoms with van der Waals surface area (Å²) in [5, 5.41) is 58.6. The van der Waals surface area contributed by atoms with Gasteiger partial charge in [0.15, 0.2) is 12.4 Å². The summed E-state index contributed by atoms with van der Waals surface area (Å²) in [6, 6.07) is 0. The summed E-state index contributed by atoms with van der Waals surface area (Å²) in [6.07, 6.45) is 2.58. The van der Waals surface area contributed by atoms with Crippen LogP contribution < -0.4 is 0 Å². The van der Waals surface area contributed by atoms with Crippen molar-refractivity contribution in [2.75, 3.05) is 0 Å². The average Bonchev–Trinajstić information content (AvgIpc) is 2.79. The molecule has 0 aromatic rings. The highest BCUT2D eigenvalue weighted by Crippen LogP contribution is 2.26. The van der Waals surface area contributed by atoms with Gasteiger partial charge in [0.05, 0.1) is 12.2 Å². The van der Waals surface area contributed by atoms with Gasteiger partial charge in [-0.2, -0.15) is 0 Å². The Bertz CT molecular complexity index is 611. The van der Waals surface area contributed by atoms with Crippen LogP contribution in [0.1, 0.15) is 84.0 Å². The van der Waals surface area contributed by atoms with Crippen LogP contribution >= 0.6 is 0 Å². The van der Waals surface area contributed by atoms with Crippen molar-refractivity contribution in [3.8, 4) is 0 Å². The molecule has 10 heteroatoms. The number of carboxylic acid groups (broad SMARTS) is 2. The van der Waals surface area contributed by atoms with Gasteiger partial charge in [0, 0.05) is 6.42 Å². The number of hydrogen-bond donors (Lipinski definition) is 6. The lowest BCUT2D eigenvalue weighted by Gasteiger charge is -2.40. The fourth-order valence-corrected chi connectivity index (χ4v) is 3.85. The molecule has 0 aromatic heterocycles. The van der Waals surface area contributed by atoms with Gasteiger partial charge in [0.2, 0.25) is 0 Å². The fraction of sp³-hybridized carbons (Fsp3) is 0.833. The second-order valence-electron chi connectivity index (χ2n) is 8.88. The van der Waals surface area contributed by atoms with E-state index in [-0.39, 0.29) is 6.42 Å². The molecule has 34 heavy (non-hydrogen) atoms. The van der Waals surface area contributed by atoms with Crippen LogP contribution in [-0.2, 0) is 19.1 Å². The number of rotatable bonds is 18. The van der Waals surface area contributed by atoms with Crippen LogP contribution in [-0.4, -0.2) is 85.5 Å². The molecule has 0 amide bonds. The molecule has 0 aliphatic carbocycles. The number of carbonyl (C=O) groups is 2. The van der Waals surface area contributed by atoms with Gasteiger partial charge in [-0.15, -0.1) is 0 Å². The van der Waals surface area contributed by atoms with E-state index in [9.17, 15) is 35.1 Å². The zero-order valence-electron chi connectivity index (χ0n) is 20.0. The first-order chi connectivity index (χ1) is 16.2. The molecule has 198 valence electrons. The summed E-state index contributed by atoms with van der Waals surface area (Å²) in [6.45, 7) is 2.04. The predicted molar refractivity (Wildman–Crippen MR) is 123 cm³/mol. The maximum atomic E-state index is 11.3. The fourth-order valence-electron chi connectivity index (χ4n) is 3.85. The van der Waals surface area contributed by atoms with Crippen LogP contribution in [0.25, 0.3) is 0 Å². The van der Waals surface area contributed by atoms with Crippen LogP contribution in [0.4, 0.5) is 0 Å². The number of allylic oxidation sites excluding steroid dienone is 1. The Morgan fingerprint density at radius 1 is 0.912 bits per heavy atom. The van der Waals surface area contributed by atoms with Crippen molar-refractivity contribution in [1.82, 2.24) is 0 Å². The third-order valence-electron chi connectivity index (χ3n) is 5.95. The van der Waals surface area contributed by atoms with Gasteiger partial charge < -0.3 is 40.1 Å². The molecule has 1 aliphatic rings. The summed E-state index contributed by atoms with van der Waals surface area (Å²) >= 11 is 0. The van der Waals surface area contributed by atoms with E-state index in [4.69, 9.17) is 14.6 Å². The lowest BCUT2D eigenvalue weighted by Crippen LogP contribution is -2.61. The standard InChI is InChI=1S/C24H42O10/c1-2-3-10-13-16(25)17(14-11-8-6-4-5-7-9-12-15-18(26)27)33-24-21(30)19(28)20(29)22(34-24)23(31)32/h8,11,16-17,19-22,24-25,28-30H,2-7,9-10,12-15H2,1H3,(H,26,27)(H,31,32)/b11-8-/t16?,17?,19-,20-,21+,22-,24+/m0/s1. The van der Waals surface area contributed by atoms with Gasteiger partial charge in [0.25, 0.3) is 0 Å². The molecular formula is C24H42O10. The molecule has 1 heterocycles. The highest BCUT2D eigenvalue weighted by molar-refractivity contribution is 5.73. The van der Waals surface area contributed by atoms with Crippen LogP contribution in [0.15, 0.2) is 12.2 Å². The third-order valence-corrected chi connectivity index (χ3v) is 5.95. The largest absolute Gasteiger partial charge is 0.481 e. The number of aliphatic carboxylic acids is 2. The second-order valence-corrected chi connectivity index (χ2v) is 8.88. The first kappa shape index (κ1) is 30.5. The number of carboxylic acids is 2. The van der Waals surface area contributed by atoms with E-state index in [1.807, 2.05) is 19.1 Å². The number of hydrogen-bond acceptors (Lipinski definition) is 8.